The number of fused-ring (bicyclic) bond motifs is 1. The number of anilines is 1. The van der Waals surface area contributed by atoms with Crippen LogP contribution in [0.5, 0.6) is 5.75 Å². The number of thiophene rings is 1. The summed E-state index contributed by atoms with van der Waals surface area (Å²) in [6.45, 7) is 7.33. The van der Waals surface area contributed by atoms with Crippen LogP contribution in [0.25, 0.3) is 0 Å². The minimum Gasteiger partial charge on any atom is -0.489 e. The third-order valence-corrected chi connectivity index (χ3v) is 8.59. The smallest absolute Gasteiger partial charge is 0.259 e. The highest BCUT2D eigenvalue weighted by Gasteiger charge is 2.33. The first-order valence-electron chi connectivity index (χ1n) is 13.6. The van der Waals surface area contributed by atoms with E-state index in [1.54, 1.807) is 23.5 Å². The monoisotopic (exact) mass is 547 g/mol. The topological polar surface area (TPSA) is 74.5 Å². The van der Waals surface area contributed by atoms with Gasteiger partial charge in [-0.15, -0.1) is 11.3 Å². The first-order chi connectivity index (χ1) is 19.3. The lowest BCUT2D eigenvalue weighted by Crippen LogP contribution is -2.27. The van der Waals surface area contributed by atoms with Crippen molar-refractivity contribution in [3.05, 3.63) is 112 Å². The number of para-hydroxylation sites is 1. The number of nitriles is 1. The highest BCUT2D eigenvalue weighted by Crippen LogP contribution is 2.45. The van der Waals surface area contributed by atoms with Crippen molar-refractivity contribution >= 4 is 34.1 Å². The van der Waals surface area contributed by atoms with Gasteiger partial charge in [0.05, 0.1) is 17.2 Å². The molecule has 5 nitrogen and oxygen atoms in total. The van der Waals surface area contributed by atoms with Gasteiger partial charge in [-0.1, -0.05) is 51.1 Å². The Bertz CT molecular complexity index is 1540. The Morgan fingerprint density at radius 1 is 1.07 bits per heavy atom. The van der Waals surface area contributed by atoms with E-state index in [-0.39, 0.29) is 11.3 Å². The molecule has 1 heterocycles. The number of benzene rings is 3. The maximum Gasteiger partial charge on any atom is 0.259 e. The summed E-state index contributed by atoms with van der Waals surface area (Å²) in [7, 11) is 0. The van der Waals surface area contributed by atoms with E-state index < -0.39 is 0 Å². The molecule has 0 spiro atoms. The fourth-order valence-electron chi connectivity index (χ4n) is 4.98. The summed E-state index contributed by atoms with van der Waals surface area (Å²) in [6.07, 6.45) is 4.77. The second kappa shape index (κ2) is 11.9. The van der Waals surface area contributed by atoms with E-state index in [0.29, 0.717) is 23.7 Å². The Kier molecular flexibility index (Phi) is 8.14. The van der Waals surface area contributed by atoms with Crippen LogP contribution < -0.4 is 10.1 Å². The van der Waals surface area contributed by atoms with Crippen molar-refractivity contribution in [3.63, 3.8) is 0 Å². The SMILES string of the molecule is CC(C)(C)[C@H]1CCc2c(sc(N=Cc3ccc(OCc4ccc(C#N)cc4)cc3)c2C(=O)Nc2ccccc2)C1. The number of nitrogens with one attached hydrogen (secondary N) is 1. The summed E-state index contributed by atoms with van der Waals surface area (Å²) in [5.74, 6) is 1.23. The van der Waals surface area contributed by atoms with Crippen LogP contribution >= 0.6 is 11.3 Å². The first kappa shape index (κ1) is 27.4. The van der Waals surface area contributed by atoms with Gasteiger partial charge in [0.15, 0.2) is 0 Å². The van der Waals surface area contributed by atoms with E-state index in [2.05, 4.69) is 32.2 Å². The third-order valence-electron chi connectivity index (χ3n) is 7.43. The minimum atomic E-state index is -0.100. The average molecular weight is 548 g/mol. The molecular weight excluding hydrogens is 514 g/mol. The molecule has 1 atom stereocenters. The fourth-order valence-corrected chi connectivity index (χ4v) is 6.24. The maximum absolute atomic E-state index is 13.5. The van der Waals surface area contributed by atoms with E-state index in [0.717, 1.165) is 52.4 Å². The van der Waals surface area contributed by atoms with Gasteiger partial charge in [0.25, 0.3) is 5.91 Å². The summed E-state index contributed by atoms with van der Waals surface area (Å²) in [5.41, 5.74) is 5.42. The Balaban J connectivity index is 1.34. The molecule has 1 N–H and O–H groups in total. The van der Waals surface area contributed by atoms with Crippen molar-refractivity contribution in [1.29, 1.82) is 5.26 Å². The fraction of sp³-hybridized carbons (Fsp3) is 0.265. The molecule has 0 bridgehead atoms. The van der Waals surface area contributed by atoms with Gasteiger partial charge in [-0.3, -0.25) is 4.79 Å². The zero-order valence-electron chi connectivity index (χ0n) is 23.1. The van der Waals surface area contributed by atoms with Crippen LogP contribution in [-0.2, 0) is 19.4 Å². The van der Waals surface area contributed by atoms with Gasteiger partial charge in [0.1, 0.15) is 17.4 Å². The highest BCUT2D eigenvalue weighted by molar-refractivity contribution is 7.16. The van der Waals surface area contributed by atoms with Crippen LogP contribution in [0.15, 0.2) is 83.9 Å². The molecule has 40 heavy (non-hydrogen) atoms. The Morgan fingerprint density at radius 3 is 2.48 bits per heavy atom. The summed E-state index contributed by atoms with van der Waals surface area (Å²) in [5, 5.41) is 12.8. The van der Waals surface area contributed by atoms with E-state index >= 15 is 0 Å². The molecule has 3 aromatic carbocycles. The number of hydrogen-bond acceptors (Lipinski definition) is 5. The molecule has 4 aromatic rings. The minimum absolute atomic E-state index is 0.100. The van der Waals surface area contributed by atoms with Crippen molar-refractivity contribution in [3.8, 4) is 11.8 Å². The van der Waals surface area contributed by atoms with Crippen LogP contribution in [0.3, 0.4) is 0 Å². The molecule has 202 valence electrons. The largest absolute Gasteiger partial charge is 0.489 e. The van der Waals surface area contributed by atoms with E-state index in [9.17, 15) is 4.79 Å². The van der Waals surface area contributed by atoms with Gasteiger partial charge >= 0.3 is 0 Å². The number of carbonyl (C=O) groups excluding carboxylic acids is 1. The molecule has 1 aromatic heterocycles. The summed E-state index contributed by atoms with van der Waals surface area (Å²) < 4.78 is 5.90. The number of amides is 1. The van der Waals surface area contributed by atoms with Crippen molar-refractivity contribution in [2.75, 3.05) is 5.32 Å². The molecule has 0 radical (unpaired) electrons. The van der Waals surface area contributed by atoms with Crippen LogP contribution in [0.4, 0.5) is 10.7 Å². The average Bonchev–Trinajstić information content (AvgIpc) is 3.34. The number of aliphatic imine (C=N–C) groups is 1. The molecule has 0 aliphatic heterocycles. The van der Waals surface area contributed by atoms with Gasteiger partial charge in [-0.2, -0.15) is 5.26 Å². The lowest BCUT2D eigenvalue weighted by atomic mass is 9.72. The summed E-state index contributed by atoms with van der Waals surface area (Å²) in [4.78, 5) is 19.6. The predicted octanol–water partition coefficient (Wildman–Crippen LogP) is 8.35. The molecule has 0 saturated heterocycles. The lowest BCUT2D eigenvalue weighted by molar-refractivity contribution is 0.102. The van der Waals surface area contributed by atoms with E-state index in [1.807, 2.05) is 72.9 Å². The normalized spacial score (nSPS) is 14.9. The van der Waals surface area contributed by atoms with Gasteiger partial charge in [-0.25, -0.2) is 4.99 Å². The zero-order valence-corrected chi connectivity index (χ0v) is 23.9. The van der Waals surface area contributed by atoms with Gasteiger partial charge in [0.2, 0.25) is 0 Å². The van der Waals surface area contributed by atoms with Gasteiger partial charge in [-0.05, 0) is 95.8 Å². The molecule has 0 fully saturated rings. The Labute approximate surface area is 240 Å². The molecule has 6 heteroatoms. The summed E-state index contributed by atoms with van der Waals surface area (Å²) in [6, 6.07) is 26.8. The molecule has 0 saturated carbocycles. The number of nitrogens with zero attached hydrogens (tertiary/aromatic N) is 2. The second-order valence-electron chi connectivity index (χ2n) is 11.2. The lowest BCUT2D eigenvalue weighted by Gasteiger charge is -2.33. The maximum atomic E-state index is 13.5. The second-order valence-corrected chi connectivity index (χ2v) is 12.3. The summed E-state index contributed by atoms with van der Waals surface area (Å²) >= 11 is 1.65. The van der Waals surface area contributed by atoms with E-state index in [4.69, 9.17) is 15.0 Å². The quantitative estimate of drug-likeness (QED) is 0.236. The van der Waals surface area contributed by atoms with Crippen LogP contribution in [0.2, 0.25) is 0 Å². The van der Waals surface area contributed by atoms with Gasteiger partial charge in [0, 0.05) is 16.8 Å². The molecule has 5 rings (SSSR count). The third kappa shape index (κ3) is 6.50. The van der Waals surface area contributed by atoms with Crippen molar-refractivity contribution < 1.29 is 9.53 Å². The predicted molar refractivity (Wildman–Crippen MR) is 163 cm³/mol. The zero-order chi connectivity index (χ0) is 28.1. The first-order valence-corrected chi connectivity index (χ1v) is 14.4. The van der Waals surface area contributed by atoms with Crippen LogP contribution in [0, 0.1) is 22.7 Å². The van der Waals surface area contributed by atoms with Crippen molar-refractivity contribution in [2.24, 2.45) is 16.3 Å². The van der Waals surface area contributed by atoms with E-state index in [1.165, 1.54) is 4.88 Å². The highest BCUT2D eigenvalue weighted by atomic mass is 32.1. The van der Waals surface area contributed by atoms with Crippen LogP contribution in [-0.4, -0.2) is 12.1 Å². The number of rotatable bonds is 7. The van der Waals surface area contributed by atoms with Gasteiger partial charge < -0.3 is 10.1 Å². The standard InChI is InChI=1S/C34H33N3O2S/c1-34(2,3)26-15-18-29-30(19-26)40-33(31(29)32(38)37-27-7-5-4-6-8-27)36-21-24-13-16-28(17-14-24)39-22-25-11-9-23(20-35)10-12-25/h4-14,16-17,21,26H,15,18-19,22H2,1-3H3,(H,37,38)/t26-/m0/s1. The molecule has 1 aliphatic carbocycles. The number of carbonyl (C=O) groups is 1. The molecule has 1 aliphatic rings. The molecule has 1 amide bonds. The molecule has 0 unspecified atom stereocenters. The Hall–Kier alpha value is -4.21. The Morgan fingerprint density at radius 2 is 1.80 bits per heavy atom. The number of ether oxygens (including phenoxy) is 1. The number of hydrogen-bond donors (Lipinski definition) is 1. The van der Waals surface area contributed by atoms with Crippen molar-refractivity contribution in [1.82, 2.24) is 0 Å². The van der Waals surface area contributed by atoms with Crippen molar-refractivity contribution in [2.45, 2.75) is 46.6 Å². The van der Waals surface area contributed by atoms with Crippen LogP contribution in [0.1, 0.15) is 64.7 Å². The molecular formula is C34H33N3O2S.